The van der Waals surface area contributed by atoms with E-state index in [1.807, 2.05) is 58.0 Å². The standard InChI is InChI=1S/C22H27N5O/c1-22(2,3)27-20(16-9-10-16)15-19(25-27)21(28)23-13-11-17-12-14-26(24-17)18-7-5-4-6-8-18/h4-8,12,14-16H,9-11,13H2,1-3H3,(H,23,28). The lowest BCUT2D eigenvalue weighted by Crippen LogP contribution is -2.28. The van der Waals surface area contributed by atoms with Gasteiger partial charge >= 0.3 is 0 Å². The molecule has 2 heterocycles. The molecule has 1 saturated carbocycles. The zero-order valence-electron chi connectivity index (χ0n) is 16.7. The fraction of sp³-hybridized carbons (Fsp3) is 0.409. The Morgan fingerprint density at radius 2 is 1.89 bits per heavy atom. The summed E-state index contributed by atoms with van der Waals surface area (Å²) in [6.07, 6.45) is 5.00. The van der Waals surface area contributed by atoms with Crippen molar-refractivity contribution >= 4 is 5.91 Å². The Labute approximate surface area is 165 Å². The lowest BCUT2D eigenvalue weighted by molar-refractivity contribution is 0.0947. The third kappa shape index (κ3) is 4.01. The number of benzene rings is 1. The average Bonchev–Trinajstić information content (AvgIpc) is 3.23. The van der Waals surface area contributed by atoms with Crippen molar-refractivity contribution in [2.75, 3.05) is 6.54 Å². The van der Waals surface area contributed by atoms with Crippen LogP contribution in [0.3, 0.4) is 0 Å². The molecule has 6 heteroatoms. The number of hydrogen-bond donors (Lipinski definition) is 1. The van der Waals surface area contributed by atoms with Crippen LogP contribution in [0.1, 0.15) is 61.4 Å². The molecule has 1 N–H and O–H groups in total. The first-order valence-corrected chi connectivity index (χ1v) is 9.90. The molecular weight excluding hydrogens is 350 g/mol. The Morgan fingerprint density at radius 1 is 1.14 bits per heavy atom. The van der Waals surface area contributed by atoms with Gasteiger partial charge in [-0.15, -0.1) is 0 Å². The van der Waals surface area contributed by atoms with Crippen LogP contribution in [0, 0.1) is 0 Å². The highest BCUT2D eigenvalue weighted by Gasteiger charge is 2.32. The molecule has 1 aliphatic rings. The van der Waals surface area contributed by atoms with Gasteiger partial charge in [-0.2, -0.15) is 10.2 Å². The van der Waals surface area contributed by atoms with Gasteiger partial charge < -0.3 is 5.32 Å². The number of aromatic nitrogens is 4. The van der Waals surface area contributed by atoms with Crippen LogP contribution in [-0.4, -0.2) is 32.0 Å². The van der Waals surface area contributed by atoms with Crippen LogP contribution < -0.4 is 5.32 Å². The second-order valence-electron chi connectivity index (χ2n) is 8.40. The highest BCUT2D eigenvalue weighted by atomic mass is 16.1. The van der Waals surface area contributed by atoms with Crippen LogP contribution >= 0.6 is 0 Å². The molecule has 1 aliphatic carbocycles. The number of para-hydroxylation sites is 1. The number of nitrogens with one attached hydrogen (secondary N) is 1. The zero-order chi connectivity index (χ0) is 19.7. The number of rotatable bonds is 6. The average molecular weight is 377 g/mol. The molecule has 3 aromatic rings. The molecule has 28 heavy (non-hydrogen) atoms. The molecule has 1 fully saturated rings. The summed E-state index contributed by atoms with van der Waals surface area (Å²) >= 11 is 0. The summed E-state index contributed by atoms with van der Waals surface area (Å²) in [7, 11) is 0. The van der Waals surface area contributed by atoms with E-state index in [4.69, 9.17) is 0 Å². The Balaban J connectivity index is 1.37. The zero-order valence-corrected chi connectivity index (χ0v) is 16.7. The second kappa shape index (κ2) is 7.26. The van der Waals surface area contributed by atoms with E-state index in [0.717, 1.165) is 11.4 Å². The highest BCUT2D eigenvalue weighted by Crippen LogP contribution is 2.41. The maximum absolute atomic E-state index is 12.6. The fourth-order valence-corrected chi connectivity index (χ4v) is 3.33. The first kappa shape index (κ1) is 18.5. The predicted molar refractivity (Wildman–Crippen MR) is 109 cm³/mol. The minimum atomic E-state index is -0.124. The number of hydrogen-bond acceptors (Lipinski definition) is 3. The predicted octanol–water partition coefficient (Wildman–Crippen LogP) is 3.67. The summed E-state index contributed by atoms with van der Waals surface area (Å²) in [5.41, 5.74) is 3.54. The second-order valence-corrected chi connectivity index (χ2v) is 8.40. The van der Waals surface area contributed by atoms with E-state index in [9.17, 15) is 4.79 Å². The summed E-state index contributed by atoms with van der Waals surface area (Å²) in [6.45, 7) is 6.90. The first-order chi connectivity index (χ1) is 13.4. The van der Waals surface area contributed by atoms with Crippen LogP contribution in [0.15, 0.2) is 48.7 Å². The number of nitrogens with zero attached hydrogens (tertiary/aromatic N) is 4. The highest BCUT2D eigenvalue weighted by molar-refractivity contribution is 5.92. The summed E-state index contributed by atoms with van der Waals surface area (Å²) in [4.78, 5) is 12.6. The van der Waals surface area contributed by atoms with Crippen molar-refractivity contribution in [1.82, 2.24) is 24.9 Å². The van der Waals surface area contributed by atoms with E-state index >= 15 is 0 Å². The van der Waals surface area contributed by atoms with Gasteiger partial charge in [-0.25, -0.2) is 4.68 Å². The van der Waals surface area contributed by atoms with Gasteiger partial charge in [0.25, 0.3) is 5.91 Å². The van der Waals surface area contributed by atoms with E-state index in [-0.39, 0.29) is 11.4 Å². The van der Waals surface area contributed by atoms with Crippen LogP contribution in [0.5, 0.6) is 0 Å². The largest absolute Gasteiger partial charge is 0.350 e. The minimum Gasteiger partial charge on any atom is -0.350 e. The molecule has 1 aromatic carbocycles. The molecule has 0 atom stereocenters. The summed E-state index contributed by atoms with van der Waals surface area (Å²) in [5, 5.41) is 12.2. The summed E-state index contributed by atoms with van der Waals surface area (Å²) < 4.78 is 3.87. The van der Waals surface area contributed by atoms with Gasteiger partial charge in [-0.05, 0) is 57.9 Å². The van der Waals surface area contributed by atoms with Gasteiger partial charge in [0.2, 0.25) is 0 Å². The van der Waals surface area contributed by atoms with Crippen molar-refractivity contribution in [3.05, 3.63) is 65.7 Å². The Kier molecular flexibility index (Phi) is 4.79. The van der Waals surface area contributed by atoms with Gasteiger partial charge in [-0.1, -0.05) is 18.2 Å². The van der Waals surface area contributed by atoms with Crippen LogP contribution in [0.2, 0.25) is 0 Å². The number of amides is 1. The maximum Gasteiger partial charge on any atom is 0.271 e. The topological polar surface area (TPSA) is 64.7 Å². The van der Waals surface area contributed by atoms with Gasteiger partial charge in [-0.3, -0.25) is 9.48 Å². The Morgan fingerprint density at radius 3 is 2.57 bits per heavy atom. The van der Waals surface area contributed by atoms with Gasteiger partial charge in [0.15, 0.2) is 0 Å². The van der Waals surface area contributed by atoms with Gasteiger partial charge in [0, 0.05) is 30.8 Å². The molecule has 0 spiro atoms. The Bertz CT molecular complexity index is 960. The number of carbonyl (C=O) groups is 1. The van der Waals surface area contributed by atoms with Crippen LogP contribution in [-0.2, 0) is 12.0 Å². The maximum atomic E-state index is 12.6. The van der Waals surface area contributed by atoms with Crippen molar-refractivity contribution in [3.63, 3.8) is 0 Å². The van der Waals surface area contributed by atoms with Crippen molar-refractivity contribution in [1.29, 1.82) is 0 Å². The molecule has 0 saturated heterocycles. The smallest absolute Gasteiger partial charge is 0.271 e. The van der Waals surface area contributed by atoms with Crippen molar-refractivity contribution in [2.24, 2.45) is 0 Å². The van der Waals surface area contributed by atoms with Crippen LogP contribution in [0.4, 0.5) is 0 Å². The molecule has 0 aliphatic heterocycles. The van der Waals surface area contributed by atoms with E-state index in [1.54, 1.807) is 0 Å². The van der Waals surface area contributed by atoms with E-state index in [0.29, 0.717) is 24.6 Å². The SMILES string of the molecule is CC(C)(C)n1nc(C(=O)NCCc2ccn(-c3ccccc3)n2)cc1C1CC1. The monoisotopic (exact) mass is 377 g/mol. The van der Waals surface area contributed by atoms with Crippen LogP contribution in [0.25, 0.3) is 5.69 Å². The third-order valence-electron chi connectivity index (χ3n) is 4.93. The first-order valence-electron chi connectivity index (χ1n) is 9.90. The summed E-state index contributed by atoms with van der Waals surface area (Å²) in [6, 6.07) is 13.9. The summed E-state index contributed by atoms with van der Waals surface area (Å²) in [5.74, 6) is 0.433. The molecule has 1 amide bonds. The van der Waals surface area contributed by atoms with Crippen molar-refractivity contribution in [3.8, 4) is 5.69 Å². The molecule has 6 nitrogen and oxygen atoms in total. The molecule has 0 unspecified atom stereocenters. The minimum absolute atomic E-state index is 0.118. The van der Waals surface area contributed by atoms with Crippen molar-refractivity contribution < 1.29 is 4.79 Å². The number of carbonyl (C=O) groups excluding carboxylic acids is 1. The third-order valence-corrected chi connectivity index (χ3v) is 4.93. The molecule has 2 aromatic heterocycles. The quantitative estimate of drug-likeness (QED) is 0.713. The molecular formula is C22H27N5O. The van der Waals surface area contributed by atoms with E-state index in [1.165, 1.54) is 18.5 Å². The normalized spacial score (nSPS) is 14.2. The lowest BCUT2D eigenvalue weighted by Gasteiger charge is -2.22. The van der Waals surface area contributed by atoms with E-state index < -0.39 is 0 Å². The molecule has 4 rings (SSSR count). The van der Waals surface area contributed by atoms with Gasteiger partial charge in [0.05, 0.1) is 16.9 Å². The lowest BCUT2D eigenvalue weighted by atomic mass is 10.1. The molecule has 146 valence electrons. The van der Waals surface area contributed by atoms with Gasteiger partial charge in [0.1, 0.15) is 5.69 Å². The Hall–Kier alpha value is -2.89. The fourth-order valence-electron chi connectivity index (χ4n) is 3.33. The van der Waals surface area contributed by atoms with Crippen molar-refractivity contribution in [2.45, 2.75) is 51.5 Å². The van der Waals surface area contributed by atoms with E-state index in [2.05, 4.69) is 36.3 Å². The molecule has 0 radical (unpaired) electrons. The molecule has 0 bridgehead atoms.